The van der Waals surface area contributed by atoms with Crippen molar-refractivity contribution in [3.8, 4) is 0 Å². The molecular weight excluding hydrogens is 254 g/mol. The van der Waals surface area contributed by atoms with Gasteiger partial charge in [0, 0.05) is 24.3 Å². The lowest BCUT2D eigenvalue weighted by Gasteiger charge is -2.09. The second kappa shape index (κ2) is 7.99. The van der Waals surface area contributed by atoms with Gasteiger partial charge in [0.2, 0.25) is 0 Å². The van der Waals surface area contributed by atoms with Crippen LogP contribution in [0.4, 0.5) is 10.5 Å². The molecule has 0 unspecified atom stereocenters. The second-order valence-electron chi connectivity index (χ2n) is 4.80. The summed E-state index contributed by atoms with van der Waals surface area (Å²) in [5.41, 5.74) is 1.20. The number of hydrogen-bond donors (Lipinski definition) is 3. The maximum Gasteiger partial charge on any atom is 0.319 e. The number of amides is 3. The van der Waals surface area contributed by atoms with Crippen molar-refractivity contribution >= 4 is 17.6 Å². The second-order valence-corrected chi connectivity index (χ2v) is 4.80. The molecule has 20 heavy (non-hydrogen) atoms. The molecule has 0 radical (unpaired) electrons. The molecule has 1 aromatic carbocycles. The summed E-state index contributed by atoms with van der Waals surface area (Å²) in [6.45, 7) is 8.63. The van der Waals surface area contributed by atoms with Gasteiger partial charge in [-0.1, -0.05) is 19.9 Å². The van der Waals surface area contributed by atoms with Gasteiger partial charge in [0.1, 0.15) is 0 Å². The molecule has 0 aliphatic rings. The number of benzene rings is 1. The Hall–Kier alpha value is -2.30. The highest BCUT2D eigenvalue weighted by molar-refractivity contribution is 5.95. The number of carbonyl (C=O) groups is 2. The van der Waals surface area contributed by atoms with E-state index in [1.165, 1.54) is 0 Å². The molecule has 0 aromatic heterocycles. The third kappa shape index (κ3) is 5.56. The summed E-state index contributed by atoms with van der Waals surface area (Å²) in [5.74, 6) is 0.301. The van der Waals surface area contributed by atoms with Gasteiger partial charge in [0.15, 0.2) is 0 Å². The topological polar surface area (TPSA) is 70.2 Å². The van der Waals surface area contributed by atoms with E-state index in [0.717, 1.165) is 0 Å². The molecule has 108 valence electrons. The fourth-order valence-electron chi connectivity index (χ4n) is 1.44. The first kappa shape index (κ1) is 15.8. The fraction of sp³-hybridized carbons (Fsp3) is 0.333. The molecule has 0 aliphatic carbocycles. The van der Waals surface area contributed by atoms with Crippen LogP contribution in [0, 0.1) is 5.92 Å². The average Bonchev–Trinajstić information content (AvgIpc) is 2.43. The predicted octanol–water partition coefficient (Wildman–Crippen LogP) is 2.38. The van der Waals surface area contributed by atoms with Crippen LogP contribution in [0.5, 0.6) is 0 Å². The lowest BCUT2D eigenvalue weighted by atomic mass is 10.1. The summed E-state index contributed by atoms with van der Waals surface area (Å²) in [7, 11) is 0. The van der Waals surface area contributed by atoms with E-state index in [-0.39, 0.29) is 11.9 Å². The summed E-state index contributed by atoms with van der Waals surface area (Å²) in [6.07, 6.45) is 1.60. The van der Waals surface area contributed by atoms with Gasteiger partial charge in [-0.3, -0.25) is 4.79 Å². The molecule has 1 aromatic rings. The van der Waals surface area contributed by atoms with Crippen molar-refractivity contribution in [1.82, 2.24) is 10.6 Å². The Morgan fingerprint density at radius 2 is 1.85 bits per heavy atom. The van der Waals surface area contributed by atoms with E-state index in [9.17, 15) is 9.59 Å². The number of carbonyl (C=O) groups excluding carboxylic acids is 2. The minimum Gasteiger partial charge on any atom is -0.352 e. The molecule has 0 bridgehead atoms. The lowest BCUT2D eigenvalue weighted by Crippen LogP contribution is -2.29. The molecular formula is C15H21N3O2. The Morgan fingerprint density at radius 3 is 2.40 bits per heavy atom. The monoisotopic (exact) mass is 275 g/mol. The Balaban J connectivity index is 2.53. The first-order valence-corrected chi connectivity index (χ1v) is 6.57. The molecule has 0 aliphatic heterocycles. The maximum absolute atomic E-state index is 11.8. The van der Waals surface area contributed by atoms with E-state index in [1.54, 1.807) is 30.3 Å². The van der Waals surface area contributed by atoms with Gasteiger partial charge in [0.05, 0.1) is 0 Å². The van der Waals surface area contributed by atoms with Crippen LogP contribution >= 0.6 is 0 Å². The molecule has 0 fully saturated rings. The molecule has 3 N–H and O–H groups in total. The molecule has 0 saturated carbocycles. The van der Waals surface area contributed by atoms with Crippen molar-refractivity contribution in [2.75, 3.05) is 18.4 Å². The summed E-state index contributed by atoms with van der Waals surface area (Å²) < 4.78 is 0. The third-order valence-electron chi connectivity index (χ3n) is 2.48. The van der Waals surface area contributed by atoms with Crippen molar-refractivity contribution < 1.29 is 9.59 Å². The van der Waals surface area contributed by atoms with Crippen molar-refractivity contribution in [3.05, 3.63) is 42.5 Å². The van der Waals surface area contributed by atoms with Crippen LogP contribution in [0.1, 0.15) is 24.2 Å². The van der Waals surface area contributed by atoms with Gasteiger partial charge in [-0.25, -0.2) is 4.79 Å². The number of hydrogen-bond acceptors (Lipinski definition) is 2. The largest absolute Gasteiger partial charge is 0.352 e. The molecule has 0 heterocycles. The highest BCUT2D eigenvalue weighted by Crippen LogP contribution is 2.09. The number of rotatable bonds is 6. The normalized spacial score (nSPS) is 9.95. The molecule has 5 heteroatoms. The summed E-state index contributed by atoms with van der Waals surface area (Å²) in [6, 6.07) is 6.44. The van der Waals surface area contributed by atoms with Gasteiger partial charge >= 0.3 is 6.03 Å². The van der Waals surface area contributed by atoms with E-state index >= 15 is 0 Å². The van der Waals surface area contributed by atoms with Crippen LogP contribution in [0.3, 0.4) is 0 Å². The molecule has 0 spiro atoms. The standard InChI is InChI=1S/C15H21N3O2/c1-4-9-16-15(20)18-13-7-5-12(6-8-13)14(19)17-10-11(2)3/h4-8,11H,1,9-10H2,2-3H3,(H,17,19)(H2,16,18,20). The van der Waals surface area contributed by atoms with Crippen LogP contribution < -0.4 is 16.0 Å². The first-order chi connectivity index (χ1) is 9.52. The molecule has 0 saturated heterocycles. The van der Waals surface area contributed by atoms with Gasteiger partial charge in [-0.15, -0.1) is 6.58 Å². The van der Waals surface area contributed by atoms with Crippen molar-refractivity contribution in [2.24, 2.45) is 5.92 Å². The Morgan fingerprint density at radius 1 is 1.20 bits per heavy atom. The smallest absolute Gasteiger partial charge is 0.319 e. The summed E-state index contributed by atoms with van der Waals surface area (Å²) >= 11 is 0. The molecule has 1 rings (SSSR count). The predicted molar refractivity (Wildman–Crippen MR) is 80.8 cm³/mol. The summed E-state index contributed by atoms with van der Waals surface area (Å²) in [5, 5.41) is 8.10. The van der Waals surface area contributed by atoms with Crippen molar-refractivity contribution in [2.45, 2.75) is 13.8 Å². The lowest BCUT2D eigenvalue weighted by molar-refractivity contribution is 0.0949. The van der Waals surface area contributed by atoms with Crippen LogP contribution in [0.25, 0.3) is 0 Å². The van der Waals surface area contributed by atoms with Crippen molar-refractivity contribution in [3.63, 3.8) is 0 Å². The zero-order valence-electron chi connectivity index (χ0n) is 11.9. The molecule has 3 amide bonds. The Kier molecular flexibility index (Phi) is 6.29. The van der Waals surface area contributed by atoms with Gasteiger partial charge in [-0.2, -0.15) is 0 Å². The van der Waals surface area contributed by atoms with E-state index in [0.29, 0.717) is 30.3 Å². The SMILES string of the molecule is C=CCNC(=O)Nc1ccc(C(=O)NCC(C)C)cc1. The molecule has 5 nitrogen and oxygen atoms in total. The highest BCUT2D eigenvalue weighted by Gasteiger charge is 2.06. The number of nitrogens with one attached hydrogen (secondary N) is 3. The van der Waals surface area contributed by atoms with E-state index in [4.69, 9.17) is 0 Å². The van der Waals surface area contributed by atoms with Crippen LogP contribution in [0.2, 0.25) is 0 Å². The first-order valence-electron chi connectivity index (χ1n) is 6.57. The summed E-state index contributed by atoms with van der Waals surface area (Å²) in [4.78, 5) is 23.2. The minimum absolute atomic E-state index is 0.110. The van der Waals surface area contributed by atoms with Crippen LogP contribution in [0.15, 0.2) is 36.9 Å². The highest BCUT2D eigenvalue weighted by atomic mass is 16.2. The van der Waals surface area contributed by atoms with Gasteiger partial charge < -0.3 is 16.0 Å². The zero-order valence-corrected chi connectivity index (χ0v) is 11.9. The minimum atomic E-state index is -0.304. The zero-order chi connectivity index (χ0) is 15.0. The Bertz CT molecular complexity index is 467. The van der Waals surface area contributed by atoms with Crippen LogP contribution in [-0.4, -0.2) is 25.0 Å². The van der Waals surface area contributed by atoms with E-state index in [1.807, 2.05) is 13.8 Å². The molecule has 0 atom stereocenters. The van der Waals surface area contributed by atoms with E-state index < -0.39 is 0 Å². The fourth-order valence-corrected chi connectivity index (χ4v) is 1.44. The van der Waals surface area contributed by atoms with E-state index in [2.05, 4.69) is 22.5 Å². The van der Waals surface area contributed by atoms with Gasteiger partial charge in [0.25, 0.3) is 5.91 Å². The average molecular weight is 275 g/mol. The maximum atomic E-state index is 11.8. The number of urea groups is 1. The third-order valence-corrected chi connectivity index (χ3v) is 2.48. The quantitative estimate of drug-likeness (QED) is 0.698. The van der Waals surface area contributed by atoms with Crippen molar-refractivity contribution in [1.29, 1.82) is 0 Å². The Labute approximate surface area is 119 Å². The van der Waals surface area contributed by atoms with Crippen LogP contribution in [-0.2, 0) is 0 Å². The number of anilines is 1. The van der Waals surface area contributed by atoms with Gasteiger partial charge in [-0.05, 0) is 30.2 Å².